The van der Waals surface area contributed by atoms with E-state index in [1.54, 1.807) is 59.7 Å². The van der Waals surface area contributed by atoms with E-state index in [0.717, 1.165) is 24.1 Å². The van der Waals surface area contributed by atoms with E-state index in [2.05, 4.69) is 10.6 Å². The molecule has 1 heterocycles. The van der Waals surface area contributed by atoms with E-state index in [-0.39, 0.29) is 19.0 Å². The number of carbonyl (C=O) groups is 3. The van der Waals surface area contributed by atoms with Gasteiger partial charge < -0.3 is 20.4 Å². The Labute approximate surface area is 212 Å². The Morgan fingerprint density at radius 3 is 2.50 bits per heavy atom. The molecule has 9 heteroatoms. The molecule has 8 nitrogen and oxygen atoms in total. The zero-order chi connectivity index (χ0) is 25.5. The van der Waals surface area contributed by atoms with Crippen molar-refractivity contribution in [3.05, 3.63) is 84.4 Å². The number of hydrogen-bond donors (Lipinski definition) is 2. The first-order chi connectivity index (χ1) is 17.4. The molecule has 0 aliphatic carbocycles. The number of nitrogens with one attached hydrogen (secondary N) is 2. The fraction of sp³-hybridized carbons (Fsp3) is 0.222. The highest BCUT2D eigenvalue weighted by Gasteiger charge is 2.26. The summed E-state index contributed by atoms with van der Waals surface area (Å²) in [4.78, 5) is 42.6. The molecule has 2 N–H and O–H groups in total. The Bertz CT molecular complexity index is 1280. The number of nitrogens with zero attached hydrogens (tertiary/aromatic N) is 2. The van der Waals surface area contributed by atoms with Crippen molar-refractivity contribution in [3.8, 4) is 0 Å². The summed E-state index contributed by atoms with van der Waals surface area (Å²) in [6, 6.07) is 22.8. The lowest BCUT2D eigenvalue weighted by Crippen LogP contribution is -2.48. The average molecular weight is 505 g/mol. The number of benzene rings is 3. The molecular weight excluding hydrogens is 476 g/mol. The molecule has 36 heavy (non-hydrogen) atoms. The highest BCUT2D eigenvalue weighted by molar-refractivity contribution is 7.84. The van der Waals surface area contributed by atoms with E-state index in [9.17, 15) is 18.6 Å². The molecule has 1 unspecified atom stereocenters. The molecule has 4 rings (SSSR count). The van der Waals surface area contributed by atoms with Crippen molar-refractivity contribution in [3.63, 3.8) is 0 Å². The fourth-order valence-corrected chi connectivity index (χ4v) is 4.69. The van der Waals surface area contributed by atoms with Crippen LogP contribution in [-0.2, 0) is 26.8 Å². The minimum absolute atomic E-state index is 0.148. The third-order valence-corrected chi connectivity index (χ3v) is 6.82. The summed E-state index contributed by atoms with van der Waals surface area (Å²) in [7, 11) is -1.18. The molecule has 3 aromatic carbocycles. The van der Waals surface area contributed by atoms with Gasteiger partial charge in [0.1, 0.15) is 6.54 Å². The highest BCUT2D eigenvalue weighted by Crippen LogP contribution is 2.27. The second-order valence-electron chi connectivity index (χ2n) is 8.38. The summed E-state index contributed by atoms with van der Waals surface area (Å²) in [5.74, 6) is -0.605. The van der Waals surface area contributed by atoms with Crippen LogP contribution in [0.1, 0.15) is 12.0 Å². The van der Waals surface area contributed by atoms with Gasteiger partial charge >= 0.3 is 6.03 Å². The molecule has 1 aliphatic heterocycles. The zero-order valence-corrected chi connectivity index (χ0v) is 20.8. The van der Waals surface area contributed by atoms with Gasteiger partial charge in [-0.15, -0.1) is 0 Å². The van der Waals surface area contributed by atoms with Crippen molar-refractivity contribution >= 4 is 45.7 Å². The van der Waals surface area contributed by atoms with E-state index in [1.165, 1.54) is 4.90 Å². The summed E-state index contributed by atoms with van der Waals surface area (Å²) < 4.78 is 11.7. The minimum atomic E-state index is -1.18. The lowest BCUT2D eigenvalue weighted by molar-refractivity contribution is -0.122. The van der Waals surface area contributed by atoms with Gasteiger partial charge in [-0.3, -0.25) is 13.8 Å². The van der Waals surface area contributed by atoms with Crippen molar-refractivity contribution in [2.45, 2.75) is 17.7 Å². The average Bonchev–Trinajstić information content (AvgIpc) is 2.90. The van der Waals surface area contributed by atoms with E-state index in [0.29, 0.717) is 22.8 Å². The number of amides is 4. The standard InChI is InChI=1S/C27H28N4O4S/c1-36(35)23-14-7-11-21(17-23)29-27(34)28-18-25(32)31(22-12-3-2-4-13-22)19-26(33)30-16-8-10-20-9-5-6-15-24(20)30/h2-7,9,11-15,17H,8,10,16,18-19H2,1H3,(H2,28,29,34). The number of hydrogen-bond acceptors (Lipinski definition) is 4. The molecule has 0 bridgehead atoms. The largest absolute Gasteiger partial charge is 0.329 e. The first-order valence-corrected chi connectivity index (χ1v) is 13.2. The van der Waals surface area contributed by atoms with Crippen molar-refractivity contribution in [2.75, 3.05) is 41.0 Å². The van der Waals surface area contributed by atoms with Crippen LogP contribution in [0.4, 0.5) is 21.9 Å². The maximum absolute atomic E-state index is 13.3. The molecule has 4 amide bonds. The normalized spacial score (nSPS) is 13.3. The Kier molecular flexibility index (Phi) is 8.12. The topological polar surface area (TPSA) is 98.8 Å². The quantitative estimate of drug-likeness (QED) is 0.514. The maximum Gasteiger partial charge on any atom is 0.319 e. The predicted octanol–water partition coefficient (Wildman–Crippen LogP) is 3.56. The van der Waals surface area contributed by atoms with Crippen molar-refractivity contribution in [1.29, 1.82) is 0 Å². The lowest BCUT2D eigenvalue weighted by atomic mass is 10.0. The van der Waals surface area contributed by atoms with Crippen LogP contribution in [0.3, 0.4) is 0 Å². The number of rotatable bonds is 7. The number of fused-ring (bicyclic) bond motifs is 1. The summed E-state index contributed by atoms with van der Waals surface area (Å²) in [6.45, 7) is 0.143. The summed E-state index contributed by atoms with van der Waals surface area (Å²) in [6.07, 6.45) is 3.33. The van der Waals surface area contributed by atoms with Gasteiger partial charge in [0.15, 0.2) is 0 Å². The number of urea groups is 1. The molecule has 0 fully saturated rings. The summed E-state index contributed by atoms with van der Waals surface area (Å²) in [5, 5.41) is 5.20. The molecule has 0 saturated carbocycles. The lowest BCUT2D eigenvalue weighted by Gasteiger charge is -2.32. The minimum Gasteiger partial charge on any atom is -0.329 e. The fourth-order valence-electron chi connectivity index (χ4n) is 4.12. The van der Waals surface area contributed by atoms with Gasteiger partial charge in [0.25, 0.3) is 0 Å². The molecule has 0 spiro atoms. The van der Waals surface area contributed by atoms with Crippen LogP contribution >= 0.6 is 0 Å². The van der Waals surface area contributed by atoms with Gasteiger partial charge in [-0.2, -0.15) is 0 Å². The molecule has 0 radical (unpaired) electrons. The molecule has 1 aliphatic rings. The van der Waals surface area contributed by atoms with Gasteiger partial charge in [-0.25, -0.2) is 4.79 Å². The molecule has 3 aromatic rings. The van der Waals surface area contributed by atoms with Crippen LogP contribution in [0.25, 0.3) is 0 Å². The number of para-hydroxylation sites is 2. The Balaban J connectivity index is 1.44. The van der Waals surface area contributed by atoms with Crippen LogP contribution in [0.2, 0.25) is 0 Å². The smallest absolute Gasteiger partial charge is 0.319 e. The first kappa shape index (κ1) is 25.1. The van der Waals surface area contributed by atoms with Gasteiger partial charge in [0.2, 0.25) is 11.8 Å². The number of carbonyl (C=O) groups excluding carboxylic acids is 3. The second kappa shape index (κ2) is 11.6. The van der Waals surface area contributed by atoms with E-state index in [4.69, 9.17) is 0 Å². The van der Waals surface area contributed by atoms with Crippen LogP contribution in [0, 0.1) is 0 Å². The van der Waals surface area contributed by atoms with E-state index in [1.807, 2.05) is 30.3 Å². The van der Waals surface area contributed by atoms with E-state index < -0.39 is 22.7 Å². The van der Waals surface area contributed by atoms with Gasteiger partial charge in [-0.05, 0) is 54.8 Å². The van der Waals surface area contributed by atoms with Crippen LogP contribution in [0.15, 0.2) is 83.8 Å². The maximum atomic E-state index is 13.3. The van der Waals surface area contributed by atoms with Gasteiger partial charge in [0.05, 0.1) is 6.54 Å². The molecule has 0 aromatic heterocycles. The van der Waals surface area contributed by atoms with E-state index >= 15 is 0 Å². The third-order valence-electron chi connectivity index (χ3n) is 5.90. The Morgan fingerprint density at radius 2 is 1.72 bits per heavy atom. The second-order valence-corrected chi connectivity index (χ2v) is 9.76. The zero-order valence-electron chi connectivity index (χ0n) is 20.0. The summed E-state index contributed by atoms with van der Waals surface area (Å²) in [5.41, 5.74) is 3.03. The van der Waals surface area contributed by atoms with Crippen LogP contribution < -0.4 is 20.4 Å². The number of aryl methyl sites for hydroxylation is 1. The highest BCUT2D eigenvalue weighted by atomic mass is 32.2. The SMILES string of the molecule is CS(=O)c1cccc(NC(=O)NCC(=O)N(CC(=O)N2CCCc3ccccc32)c2ccccc2)c1. The first-order valence-electron chi connectivity index (χ1n) is 11.6. The van der Waals surface area contributed by atoms with Crippen molar-refractivity contribution < 1.29 is 18.6 Å². The van der Waals surface area contributed by atoms with Gasteiger partial charge in [0, 0.05) is 45.6 Å². The molecule has 1 atom stereocenters. The van der Waals surface area contributed by atoms with Crippen molar-refractivity contribution in [2.24, 2.45) is 0 Å². The Hall–Kier alpha value is -3.98. The van der Waals surface area contributed by atoms with Gasteiger partial charge in [-0.1, -0.05) is 42.5 Å². The molecule has 186 valence electrons. The van der Waals surface area contributed by atoms with Crippen LogP contribution in [0.5, 0.6) is 0 Å². The molecular formula is C27H28N4O4S. The molecule has 0 saturated heterocycles. The number of anilines is 3. The monoisotopic (exact) mass is 504 g/mol. The summed E-state index contributed by atoms with van der Waals surface area (Å²) >= 11 is 0. The third kappa shape index (κ3) is 6.17. The Morgan fingerprint density at radius 1 is 0.972 bits per heavy atom. The van der Waals surface area contributed by atoms with Crippen molar-refractivity contribution in [1.82, 2.24) is 5.32 Å². The predicted molar refractivity (Wildman–Crippen MR) is 142 cm³/mol. The van der Waals surface area contributed by atoms with Crippen LogP contribution in [-0.4, -0.2) is 47.9 Å².